The lowest BCUT2D eigenvalue weighted by atomic mass is 10.1. The quantitative estimate of drug-likeness (QED) is 0.586. The fourth-order valence-corrected chi connectivity index (χ4v) is 2.48. The maximum Gasteiger partial charge on any atom is 0.340 e. The molecule has 0 saturated heterocycles. The Morgan fingerprint density at radius 2 is 2.00 bits per heavy atom. The minimum Gasteiger partial charge on any atom is -0.493 e. The van der Waals surface area contributed by atoms with Gasteiger partial charge in [-0.1, -0.05) is 23.7 Å². The first kappa shape index (κ1) is 18.1. The van der Waals surface area contributed by atoms with Crippen LogP contribution in [-0.4, -0.2) is 26.2 Å². The third-order valence-electron chi connectivity index (χ3n) is 3.84. The topological polar surface area (TPSA) is 47.6 Å². The molecule has 4 nitrogen and oxygen atoms in total. The van der Waals surface area contributed by atoms with Crippen LogP contribution in [0.1, 0.15) is 27.9 Å². The Balaban J connectivity index is 1.86. The van der Waals surface area contributed by atoms with E-state index >= 15 is 0 Å². The molecule has 5 heteroatoms. The molecule has 0 aliphatic rings. The van der Waals surface area contributed by atoms with Gasteiger partial charge in [0.15, 0.2) is 0 Å². The zero-order valence-corrected chi connectivity index (χ0v) is 14.9. The standard InChI is InChI=1S/C19H22ClNO3/c1-13-6-4-7-18(14(13)2)24-11-5-10-21-17-9-8-15(20)12-16(17)19(22)23-3/h4,6-9,12,21H,5,10-11H2,1-3H3. The molecule has 0 radical (unpaired) electrons. The molecular formula is C19H22ClNO3. The average Bonchev–Trinajstić information content (AvgIpc) is 2.58. The van der Waals surface area contributed by atoms with Crippen LogP contribution in [-0.2, 0) is 4.74 Å². The molecule has 0 bridgehead atoms. The summed E-state index contributed by atoms with van der Waals surface area (Å²) in [6.45, 7) is 5.40. The first-order valence-electron chi connectivity index (χ1n) is 7.83. The lowest BCUT2D eigenvalue weighted by Crippen LogP contribution is -2.11. The molecule has 0 saturated carbocycles. The van der Waals surface area contributed by atoms with Crippen molar-refractivity contribution in [1.29, 1.82) is 0 Å². The molecule has 2 aromatic rings. The smallest absolute Gasteiger partial charge is 0.340 e. The summed E-state index contributed by atoms with van der Waals surface area (Å²) in [4.78, 5) is 11.8. The second-order valence-electron chi connectivity index (χ2n) is 5.51. The second kappa shape index (κ2) is 8.60. The van der Waals surface area contributed by atoms with Crippen LogP contribution in [0.2, 0.25) is 5.02 Å². The summed E-state index contributed by atoms with van der Waals surface area (Å²) in [5, 5.41) is 3.73. The van der Waals surface area contributed by atoms with E-state index in [-0.39, 0.29) is 0 Å². The van der Waals surface area contributed by atoms with E-state index < -0.39 is 5.97 Å². The summed E-state index contributed by atoms with van der Waals surface area (Å²) in [7, 11) is 1.35. The van der Waals surface area contributed by atoms with E-state index in [2.05, 4.69) is 25.2 Å². The number of halogens is 1. The Morgan fingerprint density at radius 1 is 1.21 bits per heavy atom. The molecule has 24 heavy (non-hydrogen) atoms. The summed E-state index contributed by atoms with van der Waals surface area (Å²) in [5.74, 6) is 0.503. The van der Waals surface area contributed by atoms with E-state index in [1.54, 1.807) is 18.2 Å². The van der Waals surface area contributed by atoms with E-state index in [9.17, 15) is 4.79 Å². The summed E-state index contributed by atoms with van der Waals surface area (Å²) in [6, 6.07) is 11.2. The van der Waals surface area contributed by atoms with Gasteiger partial charge in [0.25, 0.3) is 0 Å². The van der Waals surface area contributed by atoms with Gasteiger partial charge in [-0.05, 0) is 55.7 Å². The van der Waals surface area contributed by atoms with E-state index in [1.807, 2.05) is 12.1 Å². The van der Waals surface area contributed by atoms with Gasteiger partial charge in [-0.25, -0.2) is 4.79 Å². The molecule has 2 aromatic carbocycles. The van der Waals surface area contributed by atoms with Gasteiger partial charge in [-0.3, -0.25) is 0 Å². The summed E-state index contributed by atoms with van der Waals surface area (Å²) < 4.78 is 10.6. The fraction of sp³-hybridized carbons (Fsp3) is 0.316. The van der Waals surface area contributed by atoms with Crippen LogP contribution in [0.4, 0.5) is 5.69 Å². The van der Waals surface area contributed by atoms with Gasteiger partial charge in [-0.2, -0.15) is 0 Å². The van der Waals surface area contributed by atoms with E-state index in [0.717, 1.165) is 17.7 Å². The second-order valence-corrected chi connectivity index (χ2v) is 5.94. The largest absolute Gasteiger partial charge is 0.493 e. The van der Waals surface area contributed by atoms with Crippen molar-refractivity contribution in [2.24, 2.45) is 0 Å². The number of rotatable bonds is 7. The molecule has 0 amide bonds. The van der Waals surface area contributed by atoms with Crippen molar-refractivity contribution in [2.75, 3.05) is 25.6 Å². The molecule has 0 spiro atoms. The molecule has 1 N–H and O–H groups in total. The number of nitrogens with one attached hydrogen (secondary N) is 1. The van der Waals surface area contributed by atoms with Crippen LogP contribution in [0.5, 0.6) is 5.75 Å². The van der Waals surface area contributed by atoms with Crippen molar-refractivity contribution < 1.29 is 14.3 Å². The maximum absolute atomic E-state index is 11.8. The van der Waals surface area contributed by atoms with Gasteiger partial charge in [0.05, 0.1) is 19.3 Å². The number of benzene rings is 2. The number of hydrogen-bond donors (Lipinski definition) is 1. The molecule has 2 rings (SSSR count). The van der Waals surface area contributed by atoms with E-state index in [4.69, 9.17) is 21.1 Å². The Hall–Kier alpha value is -2.20. The van der Waals surface area contributed by atoms with Crippen molar-refractivity contribution in [2.45, 2.75) is 20.3 Å². The van der Waals surface area contributed by atoms with Gasteiger partial charge in [0.2, 0.25) is 0 Å². The Morgan fingerprint density at radius 3 is 2.75 bits per heavy atom. The fourth-order valence-electron chi connectivity index (χ4n) is 2.31. The zero-order chi connectivity index (χ0) is 17.5. The number of carbonyl (C=O) groups excluding carboxylic acids is 1. The van der Waals surface area contributed by atoms with Gasteiger partial charge in [-0.15, -0.1) is 0 Å². The zero-order valence-electron chi connectivity index (χ0n) is 14.2. The molecule has 0 fully saturated rings. The molecule has 0 atom stereocenters. The van der Waals surface area contributed by atoms with Crippen LogP contribution in [0.15, 0.2) is 36.4 Å². The predicted molar refractivity (Wildman–Crippen MR) is 97.3 cm³/mol. The highest BCUT2D eigenvalue weighted by atomic mass is 35.5. The lowest BCUT2D eigenvalue weighted by Gasteiger charge is -2.13. The van der Waals surface area contributed by atoms with Crippen molar-refractivity contribution in [3.05, 3.63) is 58.1 Å². The minimum atomic E-state index is -0.411. The highest BCUT2D eigenvalue weighted by Gasteiger charge is 2.12. The van der Waals surface area contributed by atoms with Gasteiger partial charge in [0, 0.05) is 17.3 Å². The third kappa shape index (κ3) is 4.65. The van der Waals surface area contributed by atoms with Crippen LogP contribution in [0.3, 0.4) is 0 Å². The number of ether oxygens (including phenoxy) is 2. The Bertz CT molecular complexity index is 716. The highest BCUT2D eigenvalue weighted by molar-refractivity contribution is 6.31. The SMILES string of the molecule is COC(=O)c1cc(Cl)ccc1NCCCOc1cccc(C)c1C. The average molecular weight is 348 g/mol. The summed E-state index contributed by atoms with van der Waals surface area (Å²) >= 11 is 5.94. The van der Waals surface area contributed by atoms with Crippen molar-refractivity contribution in [1.82, 2.24) is 0 Å². The number of carbonyl (C=O) groups is 1. The van der Waals surface area contributed by atoms with Crippen molar-refractivity contribution >= 4 is 23.3 Å². The number of anilines is 1. The number of aryl methyl sites for hydroxylation is 1. The number of methoxy groups -OCH3 is 1. The van der Waals surface area contributed by atoms with Crippen molar-refractivity contribution in [3.63, 3.8) is 0 Å². The molecule has 128 valence electrons. The molecule has 0 unspecified atom stereocenters. The summed E-state index contributed by atoms with van der Waals surface area (Å²) in [5.41, 5.74) is 3.52. The van der Waals surface area contributed by atoms with Crippen LogP contribution >= 0.6 is 11.6 Å². The van der Waals surface area contributed by atoms with Crippen LogP contribution < -0.4 is 10.1 Å². The Kier molecular flexibility index (Phi) is 6.50. The normalized spacial score (nSPS) is 10.3. The van der Waals surface area contributed by atoms with E-state index in [0.29, 0.717) is 29.4 Å². The van der Waals surface area contributed by atoms with E-state index in [1.165, 1.54) is 12.7 Å². The monoisotopic (exact) mass is 347 g/mol. The molecule has 0 aliphatic heterocycles. The first-order chi connectivity index (χ1) is 11.5. The van der Waals surface area contributed by atoms with Gasteiger partial charge in [0.1, 0.15) is 5.75 Å². The summed E-state index contributed by atoms with van der Waals surface area (Å²) in [6.07, 6.45) is 0.802. The minimum absolute atomic E-state index is 0.411. The van der Waals surface area contributed by atoms with Gasteiger partial charge < -0.3 is 14.8 Å². The van der Waals surface area contributed by atoms with Crippen LogP contribution in [0.25, 0.3) is 0 Å². The number of hydrogen-bond acceptors (Lipinski definition) is 4. The molecule has 0 aromatic heterocycles. The third-order valence-corrected chi connectivity index (χ3v) is 4.07. The van der Waals surface area contributed by atoms with Gasteiger partial charge >= 0.3 is 5.97 Å². The Labute approximate surface area is 147 Å². The molecule has 0 heterocycles. The molecular weight excluding hydrogens is 326 g/mol. The lowest BCUT2D eigenvalue weighted by molar-refractivity contribution is 0.0602. The maximum atomic E-state index is 11.8. The molecule has 0 aliphatic carbocycles. The first-order valence-corrected chi connectivity index (χ1v) is 8.21. The number of esters is 1. The predicted octanol–water partition coefficient (Wildman–Crippen LogP) is 4.62. The van der Waals surface area contributed by atoms with Crippen LogP contribution in [0, 0.1) is 13.8 Å². The van der Waals surface area contributed by atoms with Crippen molar-refractivity contribution in [3.8, 4) is 5.75 Å². The highest BCUT2D eigenvalue weighted by Crippen LogP contribution is 2.22.